The lowest BCUT2D eigenvalue weighted by atomic mass is 9.84. The molecule has 1 saturated heterocycles. The molecule has 2 unspecified atom stereocenters. The number of hydrogen-bond donors (Lipinski definition) is 1. The maximum atomic E-state index is 6.15. The molecule has 0 radical (unpaired) electrons. The van der Waals surface area contributed by atoms with Crippen LogP contribution in [0.1, 0.15) is 38.7 Å². The first-order valence-electron chi connectivity index (χ1n) is 7.79. The molecule has 112 valence electrons. The molecule has 1 fully saturated rings. The molecule has 0 aliphatic carbocycles. The smallest absolute Gasteiger partial charge is 0.0595 e. The minimum Gasteiger partial charge on any atom is -0.378 e. The van der Waals surface area contributed by atoms with Crippen LogP contribution in [0.15, 0.2) is 24.3 Å². The molecule has 2 atom stereocenters. The van der Waals surface area contributed by atoms with Crippen molar-refractivity contribution < 1.29 is 4.74 Å². The molecule has 3 heteroatoms. The van der Waals surface area contributed by atoms with Crippen LogP contribution in [0.3, 0.4) is 0 Å². The van der Waals surface area contributed by atoms with E-state index >= 15 is 0 Å². The molecular formula is C17H28N2O. The van der Waals surface area contributed by atoms with Gasteiger partial charge in [0.05, 0.1) is 11.6 Å². The summed E-state index contributed by atoms with van der Waals surface area (Å²) in [5, 5.41) is 0. The van der Waals surface area contributed by atoms with Gasteiger partial charge in [0.15, 0.2) is 0 Å². The molecule has 1 aliphatic rings. The molecule has 0 saturated carbocycles. The van der Waals surface area contributed by atoms with Crippen LogP contribution >= 0.6 is 0 Å². The van der Waals surface area contributed by atoms with E-state index in [1.165, 1.54) is 11.3 Å². The lowest BCUT2D eigenvalue weighted by molar-refractivity contribution is -0.0188. The Balaban J connectivity index is 2.20. The summed E-state index contributed by atoms with van der Waals surface area (Å²) < 4.78 is 5.82. The number of nitrogens with two attached hydrogens (primary N) is 1. The Morgan fingerprint density at radius 3 is 2.55 bits per heavy atom. The van der Waals surface area contributed by atoms with E-state index in [9.17, 15) is 0 Å². The van der Waals surface area contributed by atoms with Crippen LogP contribution in [0.5, 0.6) is 0 Å². The van der Waals surface area contributed by atoms with Gasteiger partial charge < -0.3 is 15.4 Å². The first kappa shape index (κ1) is 15.3. The molecule has 0 spiro atoms. The SMILES string of the molecule is CCc1ccc(N(C)C2(CN)CCOC(CC)C2)cc1. The fraction of sp³-hybridized carbons (Fsp3) is 0.647. The number of hydrogen-bond acceptors (Lipinski definition) is 3. The highest BCUT2D eigenvalue weighted by Crippen LogP contribution is 2.34. The van der Waals surface area contributed by atoms with E-state index < -0.39 is 0 Å². The molecule has 2 rings (SSSR count). The van der Waals surface area contributed by atoms with Crippen molar-refractivity contribution in [2.24, 2.45) is 5.73 Å². The molecule has 1 heterocycles. The first-order chi connectivity index (χ1) is 9.65. The fourth-order valence-corrected chi connectivity index (χ4v) is 3.12. The standard InChI is InChI=1S/C17H28N2O/c1-4-14-6-8-15(9-7-14)19(3)17(13-18)10-11-20-16(5-2)12-17/h6-9,16H,4-5,10-13,18H2,1-3H3. The minimum absolute atomic E-state index is 0.0344. The van der Waals surface area contributed by atoms with Gasteiger partial charge >= 0.3 is 0 Å². The summed E-state index contributed by atoms with van der Waals surface area (Å²) in [6.45, 7) is 5.86. The summed E-state index contributed by atoms with van der Waals surface area (Å²) in [4.78, 5) is 2.37. The van der Waals surface area contributed by atoms with E-state index in [1.807, 2.05) is 0 Å². The predicted octanol–water partition coefficient (Wildman–Crippen LogP) is 2.97. The first-order valence-corrected chi connectivity index (χ1v) is 7.79. The highest BCUT2D eigenvalue weighted by atomic mass is 16.5. The van der Waals surface area contributed by atoms with Crippen molar-refractivity contribution in [2.75, 3.05) is 25.1 Å². The number of nitrogens with zero attached hydrogens (tertiary/aromatic N) is 1. The Morgan fingerprint density at radius 1 is 1.30 bits per heavy atom. The Kier molecular flexibility index (Phi) is 5.06. The number of aryl methyl sites for hydroxylation is 1. The van der Waals surface area contributed by atoms with Gasteiger partial charge in [0, 0.05) is 25.9 Å². The number of likely N-dealkylation sites (N-methyl/N-ethyl adjacent to an activating group) is 1. The lowest BCUT2D eigenvalue weighted by Gasteiger charge is -2.47. The number of rotatable bonds is 5. The highest BCUT2D eigenvalue weighted by molar-refractivity contribution is 5.50. The van der Waals surface area contributed by atoms with E-state index in [4.69, 9.17) is 10.5 Å². The third kappa shape index (κ3) is 2.99. The van der Waals surface area contributed by atoms with Gasteiger partial charge in [0.25, 0.3) is 0 Å². The van der Waals surface area contributed by atoms with Crippen molar-refractivity contribution in [3.8, 4) is 0 Å². The Morgan fingerprint density at radius 2 is 2.00 bits per heavy atom. The molecule has 0 aromatic heterocycles. The molecule has 3 nitrogen and oxygen atoms in total. The largest absolute Gasteiger partial charge is 0.378 e. The zero-order valence-electron chi connectivity index (χ0n) is 13.1. The molecule has 0 bridgehead atoms. The van der Waals surface area contributed by atoms with E-state index in [0.717, 1.165) is 32.3 Å². The Hall–Kier alpha value is -1.06. The van der Waals surface area contributed by atoms with Gasteiger partial charge in [-0.1, -0.05) is 26.0 Å². The van der Waals surface area contributed by atoms with Gasteiger partial charge in [-0.3, -0.25) is 0 Å². The average molecular weight is 276 g/mol. The van der Waals surface area contributed by atoms with Crippen LogP contribution in [-0.2, 0) is 11.2 Å². The van der Waals surface area contributed by atoms with Gasteiger partial charge in [-0.2, -0.15) is 0 Å². The van der Waals surface area contributed by atoms with Crippen molar-refractivity contribution in [3.05, 3.63) is 29.8 Å². The summed E-state index contributed by atoms with van der Waals surface area (Å²) in [7, 11) is 2.17. The third-order valence-electron chi connectivity index (χ3n) is 4.81. The second-order valence-electron chi connectivity index (χ2n) is 5.86. The van der Waals surface area contributed by atoms with Crippen LogP contribution in [-0.4, -0.2) is 31.8 Å². The van der Waals surface area contributed by atoms with Crippen molar-refractivity contribution in [1.82, 2.24) is 0 Å². The maximum Gasteiger partial charge on any atom is 0.0595 e. The van der Waals surface area contributed by atoms with Crippen LogP contribution in [0.25, 0.3) is 0 Å². The second-order valence-corrected chi connectivity index (χ2v) is 5.86. The van der Waals surface area contributed by atoms with E-state index in [2.05, 4.69) is 50.1 Å². The molecule has 1 aromatic carbocycles. The van der Waals surface area contributed by atoms with Crippen LogP contribution in [0.4, 0.5) is 5.69 Å². The summed E-state index contributed by atoms with van der Waals surface area (Å²) in [5.74, 6) is 0. The number of ether oxygens (including phenoxy) is 1. The summed E-state index contributed by atoms with van der Waals surface area (Å²) >= 11 is 0. The summed E-state index contributed by atoms with van der Waals surface area (Å²) in [6.07, 6.45) is 4.50. The van der Waals surface area contributed by atoms with E-state index in [0.29, 0.717) is 12.6 Å². The van der Waals surface area contributed by atoms with Crippen LogP contribution in [0.2, 0.25) is 0 Å². The second kappa shape index (κ2) is 6.59. The summed E-state index contributed by atoms with van der Waals surface area (Å²) in [5.41, 5.74) is 8.82. The molecule has 1 aliphatic heterocycles. The topological polar surface area (TPSA) is 38.5 Å². The predicted molar refractivity (Wildman–Crippen MR) is 85.3 cm³/mol. The minimum atomic E-state index is 0.0344. The Labute approximate surface area is 123 Å². The number of benzene rings is 1. The lowest BCUT2D eigenvalue weighted by Crippen LogP contribution is -2.57. The van der Waals surface area contributed by atoms with Crippen molar-refractivity contribution in [1.29, 1.82) is 0 Å². The highest BCUT2D eigenvalue weighted by Gasteiger charge is 2.39. The molecule has 20 heavy (non-hydrogen) atoms. The molecule has 1 aromatic rings. The quantitative estimate of drug-likeness (QED) is 0.898. The fourth-order valence-electron chi connectivity index (χ4n) is 3.12. The van der Waals surface area contributed by atoms with Gasteiger partial charge in [0.2, 0.25) is 0 Å². The van der Waals surface area contributed by atoms with Gasteiger partial charge in [0.1, 0.15) is 0 Å². The monoisotopic (exact) mass is 276 g/mol. The van der Waals surface area contributed by atoms with Crippen molar-refractivity contribution >= 4 is 5.69 Å². The number of anilines is 1. The third-order valence-corrected chi connectivity index (χ3v) is 4.81. The maximum absolute atomic E-state index is 6.15. The van der Waals surface area contributed by atoms with Gasteiger partial charge in [-0.15, -0.1) is 0 Å². The average Bonchev–Trinajstić information content (AvgIpc) is 2.54. The zero-order valence-corrected chi connectivity index (χ0v) is 13.1. The Bertz CT molecular complexity index is 418. The van der Waals surface area contributed by atoms with Gasteiger partial charge in [-0.25, -0.2) is 0 Å². The van der Waals surface area contributed by atoms with Crippen molar-refractivity contribution in [2.45, 2.75) is 51.2 Å². The van der Waals surface area contributed by atoms with Crippen LogP contribution < -0.4 is 10.6 Å². The normalized spacial score (nSPS) is 26.5. The summed E-state index contributed by atoms with van der Waals surface area (Å²) in [6, 6.07) is 8.86. The van der Waals surface area contributed by atoms with Crippen molar-refractivity contribution in [3.63, 3.8) is 0 Å². The zero-order chi connectivity index (χ0) is 14.6. The van der Waals surface area contributed by atoms with E-state index in [1.54, 1.807) is 0 Å². The van der Waals surface area contributed by atoms with Crippen LogP contribution in [0, 0.1) is 0 Å². The van der Waals surface area contributed by atoms with E-state index in [-0.39, 0.29) is 5.54 Å². The molecule has 0 amide bonds. The molecular weight excluding hydrogens is 248 g/mol. The van der Waals surface area contributed by atoms with Gasteiger partial charge in [-0.05, 0) is 43.4 Å². The molecule has 2 N–H and O–H groups in total.